The number of thiophene rings is 1. The molecule has 0 saturated carbocycles. The lowest BCUT2D eigenvalue weighted by molar-refractivity contribution is 0.0510. The second-order valence-corrected chi connectivity index (χ2v) is 4.47. The Hall–Kier alpha value is -1.88. The highest BCUT2D eigenvalue weighted by molar-refractivity contribution is 7.09. The van der Waals surface area contributed by atoms with Crippen LogP contribution in [0.15, 0.2) is 35.8 Å². The van der Waals surface area contributed by atoms with Crippen molar-refractivity contribution in [1.29, 1.82) is 0 Å². The van der Waals surface area contributed by atoms with Crippen LogP contribution in [0.25, 0.3) is 0 Å². The molecular weight excluding hydrogens is 236 g/mol. The SMILES string of the molecule is Nc1cc(C(=O)OCCc2cccs2)ccn1. The fourth-order valence-electron chi connectivity index (χ4n) is 1.36. The number of aromatic nitrogens is 1. The van der Waals surface area contributed by atoms with Crippen LogP contribution in [-0.4, -0.2) is 17.6 Å². The van der Waals surface area contributed by atoms with E-state index in [1.807, 2.05) is 17.5 Å². The van der Waals surface area contributed by atoms with Crippen molar-refractivity contribution in [3.05, 3.63) is 46.3 Å². The van der Waals surface area contributed by atoms with Gasteiger partial charge in [-0.3, -0.25) is 0 Å². The zero-order valence-electron chi connectivity index (χ0n) is 9.13. The minimum Gasteiger partial charge on any atom is -0.462 e. The van der Waals surface area contributed by atoms with Gasteiger partial charge >= 0.3 is 5.97 Å². The quantitative estimate of drug-likeness (QED) is 0.842. The summed E-state index contributed by atoms with van der Waals surface area (Å²) in [7, 11) is 0. The molecule has 0 saturated heterocycles. The highest BCUT2D eigenvalue weighted by atomic mass is 32.1. The Morgan fingerprint density at radius 3 is 3.06 bits per heavy atom. The highest BCUT2D eigenvalue weighted by Gasteiger charge is 2.07. The van der Waals surface area contributed by atoms with E-state index in [-0.39, 0.29) is 5.97 Å². The van der Waals surface area contributed by atoms with E-state index in [1.54, 1.807) is 17.4 Å². The second kappa shape index (κ2) is 5.45. The van der Waals surface area contributed by atoms with Crippen molar-refractivity contribution >= 4 is 23.1 Å². The number of rotatable bonds is 4. The fraction of sp³-hybridized carbons (Fsp3) is 0.167. The van der Waals surface area contributed by atoms with Gasteiger partial charge in [0.1, 0.15) is 5.82 Å². The van der Waals surface area contributed by atoms with Crippen LogP contribution >= 0.6 is 11.3 Å². The zero-order chi connectivity index (χ0) is 12.1. The van der Waals surface area contributed by atoms with E-state index >= 15 is 0 Å². The van der Waals surface area contributed by atoms with Crippen LogP contribution in [0.4, 0.5) is 5.82 Å². The number of hydrogen-bond acceptors (Lipinski definition) is 5. The van der Waals surface area contributed by atoms with Crippen molar-refractivity contribution < 1.29 is 9.53 Å². The van der Waals surface area contributed by atoms with Gasteiger partial charge < -0.3 is 10.5 Å². The number of carbonyl (C=O) groups excluding carboxylic acids is 1. The molecule has 5 heteroatoms. The van der Waals surface area contributed by atoms with Gasteiger partial charge in [-0.15, -0.1) is 11.3 Å². The molecule has 2 rings (SSSR count). The molecule has 0 fully saturated rings. The number of esters is 1. The average molecular weight is 248 g/mol. The number of hydrogen-bond donors (Lipinski definition) is 1. The van der Waals surface area contributed by atoms with Gasteiger partial charge in [0, 0.05) is 17.5 Å². The lowest BCUT2D eigenvalue weighted by atomic mass is 10.2. The van der Waals surface area contributed by atoms with Gasteiger partial charge in [-0.2, -0.15) is 0 Å². The van der Waals surface area contributed by atoms with Crippen molar-refractivity contribution in [2.45, 2.75) is 6.42 Å². The van der Waals surface area contributed by atoms with Crippen molar-refractivity contribution in [3.63, 3.8) is 0 Å². The molecule has 0 atom stereocenters. The summed E-state index contributed by atoms with van der Waals surface area (Å²) in [6, 6.07) is 7.09. The first-order valence-electron chi connectivity index (χ1n) is 5.17. The van der Waals surface area contributed by atoms with Crippen molar-refractivity contribution in [2.24, 2.45) is 0 Å². The standard InChI is InChI=1S/C12H12N2O2S/c13-11-8-9(3-5-14-11)12(15)16-6-4-10-2-1-7-17-10/h1-3,5,7-8H,4,6H2,(H2,13,14). The van der Waals surface area contributed by atoms with Crippen molar-refractivity contribution in [1.82, 2.24) is 4.98 Å². The molecule has 2 heterocycles. The maximum atomic E-state index is 11.6. The van der Waals surface area contributed by atoms with Crippen LogP contribution in [0.3, 0.4) is 0 Å². The van der Waals surface area contributed by atoms with E-state index in [9.17, 15) is 4.79 Å². The number of pyridine rings is 1. The molecule has 0 aromatic carbocycles. The molecule has 2 aromatic rings. The Morgan fingerprint density at radius 2 is 2.35 bits per heavy atom. The van der Waals surface area contributed by atoms with Crippen LogP contribution in [0, 0.1) is 0 Å². The Labute approximate surface area is 103 Å². The Morgan fingerprint density at radius 1 is 1.47 bits per heavy atom. The normalized spacial score (nSPS) is 10.1. The molecule has 17 heavy (non-hydrogen) atoms. The maximum absolute atomic E-state index is 11.6. The third-order valence-corrected chi connectivity index (χ3v) is 3.11. The van der Waals surface area contributed by atoms with Crippen molar-refractivity contribution in [3.8, 4) is 0 Å². The first kappa shape index (κ1) is 11.6. The Balaban J connectivity index is 1.85. The molecule has 0 aliphatic rings. The van der Waals surface area contributed by atoms with E-state index in [2.05, 4.69) is 4.98 Å². The van der Waals surface area contributed by atoms with E-state index in [4.69, 9.17) is 10.5 Å². The molecule has 0 radical (unpaired) electrons. The molecule has 0 aliphatic heterocycles. The van der Waals surface area contributed by atoms with Gasteiger partial charge in [0.05, 0.1) is 12.2 Å². The lowest BCUT2D eigenvalue weighted by Crippen LogP contribution is -2.08. The third kappa shape index (κ3) is 3.29. The first-order valence-corrected chi connectivity index (χ1v) is 6.05. The maximum Gasteiger partial charge on any atom is 0.338 e. The summed E-state index contributed by atoms with van der Waals surface area (Å²) in [6.07, 6.45) is 2.23. The van der Waals surface area contributed by atoms with Crippen LogP contribution in [0.5, 0.6) is 0 Å². The van der Waals surface area contributed by atoms with Crippen LogP contribution in [0.2, 0.25) is 0 Å². The summed E-state index contributed by atoms with van der Waals surface area (Å²) in [5.74, 6) is -0.0478. The smallest absolute Gasteiger partial charge is 0.338 e. The fourth-order valence-corrected chi connectivity index (χ4v) is 2.05. The van der Waals surface area contributed by atoms with Crippen LogP contribution in [0.1, 0.15) is 15.2 Å². The molecule has 2 N–H and O–H groups in total. The molecule has 0 bridgehead atoms. The van der Waals surface area contributed by atoms with Crippen LogP contribution < -0.4 is 5.73 Å². The number of ether oxygens (including phenoxy) is 1. The Bertz CT molecular complexity index is 497. The molecular formula is C12H12N2O2S. The number of carbonyl (C=O) groups is 1. The van der Waals surface area contributed by atoms with E-state index in [1.165, 1.54) is 17.1 Å². The van der Waals surface area contributed by atoms with E-state index in [0.717, 1.165) is 6.42 Å². The van der Waals surface area contributed by atoms with Gasteiger partial charge in [0.2, 0.25) is 0 Å². The van der Waals surface area contributed by atoms with Crippen molar-refractivity contribution in [2.75, 3.05) is 12.3 Å². The molecule has 0 spiro atoms. The summed E-state index contributed by atoms with van der Waals surface area (Å²) in [5, 5.41) is 2.00. The summed E-state index contributed by atoms with van der Waals surface area (Å²) in [4.78, 5) is 16.6. The second-order valence-electron chi connectivity index (χ2n) is 3.43. The Kier molecular flexibility index (Phi) is 3.72. The molecule has 88 valence electrons. The summed E-state index contributed by atoms with van der Waals surface area (Å²) in [6.45, 7) is 0.377. The minimum atomic E-state index is -0.365. The predicted octanol–water partition coefficient (Wildman–Crippen LogP) is 2.12. The molecule has 2 aromatic heterocycles. The topological polar surface area (TPSA) is 65.2 Å². The van der Waals surface area contributed by atoms with Gasteiger partial charge in [0.25, 0.3) is 0 Å². The number of nitrogen functional groups attached to an aromatic ring is 1. The number of nitrogens with two attached hydrogens (primary N) is 1. The lowest BCUT2D eigenvalue weighted by Gasteiger charge is -2.04. The molecule has 0 aliphatic carbocycles. The van der Waals surface area contributed by atoms with E-state index in [0.29, 0.717) is 18.0 Å². The van der Waals surface area contributed by atoms with Gasteiger partial charge in [-0.05, 0) is 23.6 Å². The van der Waals surface area contributed by atoms with Gasteiger partial charge in [-0.1, -0.05) is 6.07 Å². The number of anilines is 1. The molecule has 4 nitrogen and oxygen atoms in total. The summed E-state index contributed by atoms with van der Waals surface area (Å²) in [5.41, 5.74) is 5.92. The highest BCUT2D eigenvalue weighted by Crippen LogP contribution is 2.10. The third-order valence-electron chi connectivity index (χ3n) is 2.18. The summed E-state index contributed by atoms with van der Waals surface area (Å²) >= 11 is 1.65. The van der Waals surface area contributed by atoms with E-state index < -0.39 is 0 Å². The van der Waals surface area contributed by atoms with Gasteiger partial charge in [-0.25, -0.2) is 9.78 Å². The molecule has 0 unspecified atom stereocenters. The average Bonchev–Trinajstić information content (AvgIpc) is 2.82. The van der Waals surface area contributed by atoms with Gasteiger partial charge in [0.15, 0.2) is 0 Å². The number of nitrogens with zero attached hydrogens (tertiary/aromatic N) is 1. The first-order chi connectivity index (χ1) is 8.25. The minimum absolute atomic E-state index is 0.317. The van der Waals surface area contributed by atoms with Crippen LogP contribution in [-0.2, 0) is 11.2 Å². The zero-order valence-corrected chi connectivity index (χ0v) is 9.94. The molecule has 0 amide bonds. The predicted molar refractivity (Wildman–Crippen MR) is 67.0 cm³/mol. The largest absolute Gasteiger partial charge is 0.462 e. The summed E-state index contributed by atoms with van der Waals surface area (Å²) < 4.78 is 5.14. The monoisotopic (exact) mass is 248 g/mol.